The van der Waals surface area contributed by atoms with E-state index >= 15 is 0 Å². The van der Waals surface area contributed by atoms with Crippen molar-refractivity contribution in [3.63, 3.8) is 0 Å². The number of hydrogen-bond donors (Lipinski definition) is 0. The van der Waals surface area contributed by atoms with E-state index in [1.807, 2.05) is 31.2 Å². The van der Waals surface area contributed by atoms with Gasteiger partial charge in [0, 0.05) is 21.7 Å². The van der Waals surface area contributed by atoms with Gasteiger partial charge in [-0.15, -0.1) is 10.2 Å². The second kappa shape index (κ2) is 8.17. The van der Waals surface area contributed by atoms with Gasteiger partial charge < -0.3 is 9.15 Å². The van der Waals surface area contributed by atoms with E-state index in [0.29, 0.717) is 21.5 Å². The zero-order valence-corrected chi connectivity index (χ0v) is 15.3. The van der Waals surface area contributed by atoms with E-state index in [2.05, 4.69) is 10.2 Å². The molecule has 0 saturated carbocycles. The van der Waals surface area contributed by atoms with Crippen LogP contribution in [0.3, 0.4) is 0 Å². The van der Waals surface area contributed by atoms with Crippen LogP contribution in [0.5, 0.6) is 0 Å². The molecule has 26 heavy (non-hydrogen) atoms. The normalized spacial score (nSPS) is 11.0. The average Bonchev–Trinajstić information content (AvgIpc) is 3.08. The number of ether oxygens (including phenoxy) is 1. The van der Waals surface area contributed by atoms with E-state index in [1.165, 1.54) is 6.08 Å². The van der Waals surface area contributed by atoms with Crippen LogP contribution >= 0.6 is 23.2 Å². The second-order valence-corrected chi connectivity index (χ2v) is 6.32. The molecule has 3 aromatic rings. The summed E-state index contributed by atoms with van der Waals surface area (Å²) in [6.07, 6.45) is 2.82. The maximum atomic E-state index is 11.8. The summed E-state index contributed by atoms with van der Waals surface area (Å²) >= 11 is 11.9. The van der Waals surface area contributed by atoms with Gasteiger partial charge in [-0.05, 0) is 42.8 Å². The summed E-state index contributed by atoms with van der Waals surface area (Å²) in [5.41, 5.74) is 2.56. The molecule has 1 aromatic heterocycles. The first-order valence-electron chi connectivity index (χ1n) is 7.70. The van der Waals surface area contributed by atoms with E-state index < -0.39 is 5.97 Å². The molecule has 0 spiro atoms. The van der Waals surface area contributed by atoms with E-state index in [0.717, 1.165) is 11.1 Å². The van der Waals surface area contributed by atoms with Crippen molar-refractivity contribution in [3.05, 3.63) is 75.6 Å². The summed E-state index contributed by atoms with van der Waals surface area (Å²) in [6.45, 7) is 1.86. The van der Waals surface area contributed by atoms with Gasteiger partial charge in [-0.25, -0.2) is 4.79 Å². The highest BCUT2D eigenvalue weighted by molar-refractivity contribution is 6.35. The molecule has 1 heterocycles. The van der Waals surface area contributed by atoms with Crippen molar-refractivity contribution < 1.29 is 13.9 Å². The lowest BCUT2D eigenvalue weighted by Gasteiger charge is -2.00. The van der Waals surface area contributed by atoms with Gasteiger partial charge in [0.15, 0.2) is 6.61 Å². The fourth-order valence-electron chi connectivity index (χ4n) is 2.18. The monoisotopic (exact) mass is 388 g/mol. The topological polar surface area (TPSA) is 65.2 Å². The SMILES string of the molecule is Cc1cccc(-c2nnc(COC(=O)/C=C/c3ccc(Cl)cc3Cl)o2)c1. The Kier molecular flexibility index (Phi) is 5.71. The lowest BCUT2D eigenvalue weighted by molar-refractivity contribution is -0.139. The minimum absolute atomic E-state index is 0.115. The Morgan fingerprint density at radius 1 is 1.19 bits per heavy atom. The number of aryl methyl sites for hydroxylation is 1. The summed E-state index contributed by atoms with van der Waals surface area (Å²) in [7, 11) is 0. The number of hydrogen-bond acceptors (Lipinski definition) is 5. The minimum Gasteiger partial charge on any atom is -0.452 e. The van der Waals surface area contributed by atoms with Crippen molar-refractivity contribution in [1.82, 2.24) is 10.2 Å². The van der Waals surface area contributed by atoms with Gasteiger partial charge in [0.25, 0.3) is 5.89 Å². The minimum atomic E-state index is -0.550. The number of carbonyl (C=O) groups is 1. The van der Waals surface area contributed by atoms with Gasteiger partial charge in [-0.3, -0.25) is 0 Å². The molecule has 2 aromatic carbocycles. The van der Waals surface area contributed by atoms with Crippen LogP contribution in [0.25, 0.3) is 17.5 Å². The van der Waals surface area contributed by atoms with Crippen LogP contribution in [-0.2, 0) is 16.1 Å². The van der Waals surface area contributed by atoms with Gasteiger partial charge in [-0.1, -0.05) is 47.0 Å². The fourth-order valence-corrected chi connectivity index (χ4v) is 2.65. The van der Waals surface area contributed by atoms with E-state index in [1.54, 1.807) is 24.3 Å². The number of rotatable bonds is 5. The number of nitrogens with zero attached hydrogens (tertiary/aromatic N) is 2. The molecule has 7 heteroatoms. The quantitative estimate of drug-likeness (QED) is 0.448. The van der Waals surface area contributed by atoms with Crippen LogP contribution in [0.15, 0.2) is 53.0 Å². The van der Waals surface area contributed by atoms with E-state index in [-0.39, 0.29) is 12.5 Å². The van der Waals surface area contributed by atoms with Crippen LogP contribution in [0.4, 0.5) is 0 Å². The Balaban J connectivity index is 1.59. The zero-order chi connectivity index (χ0) is 18.5. The van der Waals surface area contributed by atoms with Crippen LogP contribution in [0.2, 0.25) is 10.0 Å². The molecule has 132 valence electrons. The summed E-state index contributed by atoms with van der Waals surface area (Å²) in [5.74, 6) is 0.0438. The lowest BCUT2D eigenvalue weighted by atomic mass is 10.1. The predicted octanol–water partition coefficient (Wildman–Crippen LogP) is 5.11. The first-order valence-corrected chi connectivity index (χ1v) is 8.46. The first kappa shape index (κ1) is 18.2. The Bertz CT molecular complexity index is 967. The highest BCUT2D eigenvalue weighted by Crippen LogP contribution is 2.22. The molecule has 0 aliphatic carbocycles. The van der Waals surface area contributed by atoms with Gasteiger partial charge in [-0.2, -0.15) is 0 Å². The van der Waals surface area contributed by atoms with E-state index in [4.69, 9.17) is 32.4 Å². The van der Waals surface area contributed by atoms with Crippen molar-refractivity contribution >= 4 is 35.2 Å². The zero-order valence-electron chi connectivity index (χ0n) is 13.8. The van der Waals surface area contributed by atoms with Gasteiger partial charge >= 0.3 is 5.97 Å². The number of halogens is 2. The highest BCUT2D eigenvalue weighted by atomic mass is 35.5. The molecule has 0 atom stereocenters. The first-order chi connectivity index (χ1) is 12.5. The highest BCUT2D eigenvalue weighted by Gasteiger charge is 2.10. The Hall–Kier alpha value is -2.63. The molecule has 0 N–H and O–H groups in total. The molecular weight excluding hydrogens is 375 g/mol. The Morgan fingerprint density at radius 2 is 2.04 bits per heavy atom. The molecule has 0 aliphatic rings. The van der Waals surface area contributed by atoms with Crippen molar-refractivity contribution in [2.45, 2.75) is 13.5 Å². The molecule has 0 saturated heterocycles. The van der Waals surface area contributed by atoms with Crippen molar-refractivity contribution in [2.75, 3.05) is 0 Å². The third kappa shape index (κ3) is 4.71. The van der Waals surface area contributed by atoms with Crippen LogP contribution < -0.4 is 0 Å². The van der Waals surface area contributed by atoms with Crippen LogP contribution in [0.1, 0.15) is 17.0 Å². The lowest BCUT2D eigenvalue weighted by Crippen LogP contribution is -2.01. The van der Waals surface area contributed by atoms with Crippen LogP contribution in [-0.4, -0.2) is 16.2 Å². The Morgan fingerprint density at radius 3 is 2.81 bits per heavy atom. The maximum Gasteiger partial charge on any atom is 0.331 e. The largest absolute Gasteiger partial charge is 0.452 e. The average molecular weight is 389 g/mol. The van der Waals surface area contributed by atoms with Crippen LogP contribution in [0, 0.1) is 6.92 Å². The number of carbonyl (C=O) groups excluding carboxylic acids is 1. The molecule has 3 rings (SSSR count). The molecule has 0 amide bonds. The third-order valence-corrected chi connectivity index (χ3v) is 3.99. The fraction of sp³-hybridized carbons (Fsp3) is 0.105. The van der Waals surface area contributed by atoms with Gasteiger partial charge in [0.05, 0.1) is 0 Å². The molecule has 0 aliphatic heterocycles. The number of esters is 1. The molecule has 0 radical (unpaired) electrons. The third-order valence-electron chi connectivity index (χ3n) is 3.43. The van der Waals surface area contributed by atoms with Crippen molar-refractivity contribution in [3.8, 4) is 11.5 Å². The summed E-state index contributed by atoms with van der Waals surface area (Å²) in [5, 5.41) is 8.81. The summed E-state index contributed by atoms with van der Waals surface area (Å²) < 4.78 is 10.6. The number of aromatic nitrogens is 2. The molecular formula is C19H14Cl2N2O3. The number of benzene rings is 2. The van der Waals surface area contributed by atoms with Gasteiger partial charge in [0.1, 0.15) is 0 Å². The molecule has 0 unspecified atom stereocenters. The van der Waals surface area contributed by atoms with Crippen molar-refractivity contribution in [1.29, 1.82) is 0 Å². The van der Waals surface area contributed by atoms with Crippen molar-refractivity contribution in [2.24, 2.45) is 0 Å². The molecule has 0 fully saturated rings. The Labute approximate surface area is 160 Å². The van der Waals surface area contributed by atoms with Gasteiger partial charge in [0.2, 0.25) is 5.89 Å². The molecule has 0 bridgehead atoms. The van der Waals surface area contributed by atoms with E-state index in [9.17, 15) is 4.79 Å². The molecule has 5 nitrogen and oxygen atoms in total. The summed E-state index contributed by atoms with van der Waals surface area (Å²) in [6, 6.07) is 12.7. The smallest absolute Gasteiger partial charge is 0.331 e. The summed E-state index contributed by atoms with van der Waals surface area (Å²) in [4.78, 5) is 11.8. The predicted molar refractivity (Wildman–Crippen MR) is 99.8 cm³/mol. The second-order valence-electron chi connectivity index (χ2n) is 5.48. The maximum absolute atomic E-state index is 11.8. The standard InChI is InChI=1S/C19H14Cl2N2O3/c1-12-3-2-4-14(9-12)19-23-22-17(26-19)11-25-18(24)8-6-13-5-7-15(20)10-16(13)21/h2-10H,11H2,1H3/b8-6+.